The molecule has 1 aromatic heterocycles. The van der Waals surface area contributed by atoms with Crippen molar-refractivity contribution in [1.29, 1.82) is 0 Å². The van der Waals surface area contributed by atoms with Gasteiger partial charge >= 0.3 is 5.97 Å². The van der Waals surface area contributed by atoms with E-state index in [2.05, 4.69) is 5.10 Å². The molecule has 1 N–H and O–H groups in total. The Kier molecular flexibility index (Phi) is 2.65. The molecule has 1 unspecified atom stereocenters. The zero-order chi connectivity index (χ0) is 11.8. The summed E-state index contributed by atoms with van der Waals surface area (Å²) in [6, 6.07) is -0.308. The van der Waals surface area contributed by atoms with E-state index in [1.54, 1.807) is 6.20 Å². The largest absolute Gasteiger partial charge is 0.481 e. The molecule has 0 saturated heterocycles. The molecule has 1 atom stereocenters. The van der Waals surface area contributed by atoms with Gasteiger partial charge in [-0.3, -0.25) is 9.48 Å². The third-order valence-electron chi connectivity index (χ3n) is 2.76. The van der Waals surface area contributed by atoms with Crippen molar-refractivity contribution in [1.82, 2.24) is 9.78 Å². The van der Waals surface area contributed by atoms with Gasteiger partial charge in [0.2, 0.25) is 5.92 Å². The number of carbonyl (C=O) groups is 1. The number of nitrogens with zero attached hydrogens (tertiary/aromatic N) is 2. The second-order valence-corrected chi connectivity index (χ2v) is 4.15. The lowest BCUT2D eigenvalue weighted by Crippen LogP contribution is -2.12. The lowest BCUT2D eigenvalue weighted by Gasteiger charge is -2.10. The van der Waals surface area contributed by atoms with Crippen LogP contribution in [0.15, 0.2) is 12.4 Å². The maximum atomic E-state index is 13.0. The van der Waals surface area contributed by atoms with Gasteiger partial charge in [-0.25, -0.2) is 8.78 Å². The molecule has 0 radical (unpaired) electrons. The van der Waals surface area contributed by atoms with Crippen molar-refractivity contribution in [2.45, 2.75) is 37.6 Å². The maximum Gasteiger partial charge on any atom is 0.307 e. The first-order valence-electron chi connectivity index (χ1n) is 5.09. The zero-order valence-corrected chi connectivity index (χ0v) is 8.57. The summed E-state index contributed by atoms with van der Waals surface area (Å²) >= 11 is 0. The fourth-order valence-corrected chi connectivity index (χ4v) is 2.00. The Morgan fingerprint density at radius 2 is 2.44 bits per heavy atom. The highest BCUT2D eigenvalue weighted by atomic mass is 19.3. The highest BCUT2D eigenvalue weighted by Gasteiger charge is 2.40. The van der Waals surface area contributed by atoms with Crippen LogP contribution in [0.3, 0.4) is 0 Å². The second-order valence-electron chi connectivity index (χ2n) is 4.15. The quantitative estimate of drug-likeness (QED) is 0.862. The number of aliphatic carboxylic acids is 1. The molecule has 1 heterocycles. The molecular formula is C10H12F2N2O2. The Balaban J connectivity index is 2.05. The Morgan fingerprint density at radius 1 is 1.69 bits per heavy atom. The van der Waals surface area contributed by atoms with Crippen molar-refractivity contribution in [2.75, 3.05) is 0 Å². The molecule has 6 heteroatoms. The monoisotopic (exact) mass is 230 g/mol. The molecule has 1 saturated carbocycles. The maximum absolute atomic E-state index is 13.0. The van der Waals surface area contributed by atoms with Crippen molar-refractivity contribution in [3.05, 3.63) is 18.0 Å². The summed E-state index contributed by atoms with van der Waals surface area (Å²) in [4.78, 5) is 10.4. The third-order valence-corrected chi connectivity index (χ3v) is 2.76. The number of halogens is 2. The van der Waals surface area contributed by atoms with Gasteiger partial charge in [-0.15, -0.1) is 0 Å². The number of aromatic nitrogens is 2. The van der Waals surface area contributed by atoms with Crippen molar-refractivity contribution in [3.8, 4) is 0 Å². The van der Waals surface area contributed by atoms with E-state index in [9.17, 15) is 13.6 Å². The predicted octanol–water partition coefficient (Wildman–Crippen LogP) is 1.87. The Labute approximate surface area is 90.9 Å². The van der Waals surface area contributed by atoms with E-state index in [0.29, 0.717) is 12.0 Å². The van der Waals surface area contributed by atoms with E-state index in [1.165, 1.54) is 10.9 Å². The average Bonchev–Trinajstić information content (AvgIpc) is 2.71. The average molecular weight is 230 g/mol. The van der Waals surface area contributed by atoms with Crippen LogP contribution < -0.4 is 0 Å². The van der Waals surface area contributed by atoms with Crippen molar-refractivity contribution < 1.29 is 18.7 Å². The Morgan fingerprint density at radius 3 is 3.00 bits per heavy atom. The van der Waals surface area contributed by atoms with E-state index < -0.39 is 11.9 Å². The molecule has 2 rings (SSSR count). The highest BCUT2D eigenvalue weighted by molar-refractivity contribution is 5.69. The molecule has 88 valence electrons. The fraction of sp³-hybridized carbons (Fsp3) is 0.600. The van der Waals surface area contributed by atoms with E-state index in [4.69, 9.17) is 5.11 Å². The van der Waals surface area contributed by atoms with Gasteiger partial charge in [0.15, 0.2) is 0 Å². The van der Waals surface area contributed by atoms with Gasteiger partial charge in [0, 0.05) is 24.6 Å². The molecule has 16 heavy (non-hydrogen) atoms. The molecular weight excluding hydrogens is 218 g/mol. The first-order chi connectivity index (χ1) is 7.46. The van der Waals surface area contributed by atoms with E-state index >= 15 is 0 Å². The van der Waals surface area contributed by atoms with Gasteiger partial charge in [0.1, 0.15) is 0 Å². The predicted molar refractivity (Wildman–Crippen MR) is 51.4 cm³/mol. The standard InChI is InChI=1S/C10H12F2N2O2/c11-10(12)2-1-8(4-10)14-6-7(5-13-14)3-9(15)16/h5-6,8H,1-4H2,(H,15,16). The molecule has 1 aliphatic carbocycles. The number of carboxylic acid groups (broad SMARTS) is 1. The van der Waals surface area contributed by atoms with Crippen LogP contribution in [-0.2, 0) is 11.2 Å². The summed E-state index contributed by atoms with van der Waals surface area (Å²) in [6.07, 6.45) is 2.90. The van der Waals surface area contributed by atoms with Crippen LogP contribution >= 0.6 is 0 Å². The summed E-state index contributed by atoms with van der Waals surface area (Å²) in [5, 5.41) is 12.5. The summed E-state index contributed by atoms with van der Waals surface area (Å²) < 4.78 is 27.4. The molecule has 0 bridgehead atoms. The fourth-order valence-electron chi connectivity index (χ4n) is 2.00. The summed E-state index contributed by atoms with van der Waals surface area (Å²) in [5.41, 5.74) is 0.544. The number of hydrogen-bond acceptors (Lipinski definition) is 2. The normalized spacial score (nSPS) is 23.5. The minimum atomic E-state index is -2.61. The Bertz CT molecular complexity index is 403. The van der Waals surface area contributed by atoms with Gasteiger partial charge in [-0.1, -0.05) is 0 Å². The minimum absolute atomic E-state index is 0.119. The van der Waals surface area contributed by atoms with Crippen LogP contribution in [0.2, 0.25) is 0 Å². The molecule has 1 aromatic rings. The summed E-state index contributed by atoms with van der Waals surface area (Å²) in [5.74, 6) is -3.56. The number of hydrogen-bond donors (Lipinski definition) is 1. The second kappa shape index (κ2) is 3.84. The smallest absolute Gasteiger partial charge is 0.307 e. The molecule has 0 spiro atoms. The summed E-state index contributed by atoms with van der Waals surface area (Å²) in [7, 11) is 0. The van der Waals surface area contributed by atoms with Crippen molar-refractivity contribution in [2.24, 2.45) is 0 Å². The van der Waals surface area contributed by atoms with Crippen LogP contribution in [0.5, 0.6) is 0 Å². The number of alkyl halides is 2. The Hall–Kier alpha value is -1.46. The SMILES string of the molecule is O=C(O)Cc1cnn(C2CCC(F)(F)C2)c1. The molecule has 1 aliphatic rings. The van der Waals surface area contributed by atoms with Crippen LogP contribution in [0.25, 0.3) is 0 Å². The lowest BCUT2D eigenvalue weighted by atomic mass is 10.2. The van der Waals surface area contributed by atoms with Crippen molar-refractivity contribution in [3.63, 3.8) is 0 Å². The van der Waals surface area contributed by atoms with Gasteiger partial charge in [-0.2, -0.15) is 5.10 Å². The molecule has 4 nitrogen and oxygen atoms in total. The van der Waals surface area contributed by atoms with Gasteiger partial charge in [0.25, 0.3) is 0 Å². The third kappa shape index (κ3) is 2.37. The first-order valence-corrected chi connectivity index (χ1v) is 5.09. The van der Waals surface area contributed by atoms with E-state index in [1.807, 2.05) is 0 Å². The van der Waals surface area contributed by atoms with Crippen LogP contribution in [-0.4, -0.2) is 26.8 Å². The topological polar surface area (TPSA) is 55.1 Å². The molecule has 0 aromatic carbocycles. The number of rotatable bonds is 3. The number of carboxylic acids is 1. The lowest BCUT2D eigenvalue weighted by molar-refractivity contribution is -0.136. The summed E-state index contributed by atoms with van der Waals surface area (Å²) in [6.45, 7) is 0. The van der Waals surface area contributed by atoms with Gasteiger partial charge < -0.3 is 5.11 Å². The van der Waals surface area contributed by atoms with E-state index in [0.717, 1.165) is 0 Å². The van der Waals surface area contributed by atoms with Crippen LogP contribution in [0.1, 0.15) is 30.9 Å². The minimum Gasteiger partial charge on any atom is -0.481 e. The van der Waals surface area contributed by atoms with E-state index in [-0.39, 0.29) is 25.3 Å². The van der Waals surface area contributed by atoms with Crippen LogP contribution in [0.4, 0.5) is 8.78 Å². The van der Waals surface area contributed by atoms with Crippen molar-refractivity contribution >= 4 is 5.97 Å². The molecule has 1 fully saturated rings. The van der Waals surface area contributed by atoms with Crippen LogP contribution in [0, 0.1) is 0 Å². The van der Waals surface area contributed by atoms with Gasteiger partial charge in [0.05, 0.1) is 18.7 Å². The molecule has 0 amide bonds. The van der Waals surface area contributed by atoms with Gasteiger partial charge in [-0.05, 0) is 6.42 Å². The zero-order valence-electron chi connectivity index (χ0n) is 8.57. The highest BCUT2D eigenvalue weighted by Crippen LogP contribution is 2.41. The molecule has 0 aliphatic heterocycles. The first kappa shape index (κ1) is 11.0.